The van der Waals surface area contributed by atoms with Gasteiger partial charge in [0.1, 0.15) is 12.4 Å². The summed E-state index contributed by atoms with van der Waals surface area (Å²) in [5, 5.41) is 3.17. The summed E-state index contributed by atoms with van der Waals surface area (Å²) in [6.45, 7) is 2.39. The first kappa shape index (κ1) is 27.4. The molecule has 0 atom stereocenters. The monoisotopic (exact) mass is 525 g/mol. The van der Waals surface area contributed by atoms with Crippen molar-refractivity contribution in [3.8, 4) is 23.0 Å². The Labute approximate surface area is 220 Å². The van der Waals surface area contributed by atoms with Gasteiger partial charge >= 0.3 is 5.97 Å². The van der Waals surface area contributed by atoms with Crippen LogP contribution in [-0.4, -0.2) is 39.3 Å². The van der Waals surface area contributed by atoms with Crippen molar-refractivity contribution in [2.24, 2.45) is 0 Å². The zero-order valence-corrected chi connectivity index (χ0v) is 21.5. The third-order valence-electron chi connectivity index (χ3n) is 4.99. The molecule has 194 valence electrons. The first-order chi connectivity index (χ1) is 17.9. The molecule has 0 fully saturated rings. The third-order valence-corrected chi connectivity index (χ3v) is 5.24. The summed E-state index contributed by atoms with van der Waals surface area (Å²) >= 11 is 5.82. The lowest BCUT2D eigenvalue weighted by Gasteiger charge is -2.15. The van der Waals surface area contributed by atoms with Gasteiger partial charge in [-0.15, -0.1) is 0 Å². The molecule has 0 aliphatic heterocycles. The predicted octanol–water partition coefficient (Wildman–Crippen LogP) is 5.53. The lowest BCUT2D eigenvalue weighted by atomic mass is 10.1. The van der Waals surface area contributed by atoms with Crippen LogP contribution in [0.5, 0.6) is 23.0 Å². The number of rotatable bonds is 12. The maximum Gasteiger partial charge on any atom is 0.331 e. The van der Waals surface area contributed by atoms with Crippen LogP contribution in [0.4, 0.5) is 5.69 Å². The summed E-state index contributed by atoms with van der Waals surface area (Å²) in [5.41, 5.74) is 2.11. The van der Waals surface area contributed by atoms with Gasteiger partial charge in [0, 0.05) is 16.8 Å². The molecule has 9 heteroatoms. The van der Waals surface area contributed by atoms with Gasteiger partial charge < -0.3 is 29.0 Å². The van der Waals surface area contributed by atoms with E-state index >= 15 is 0 Å². The molecule has 3 aromatic rings. The van der Waals surface area contributed by atoms with Crippen molar-refractivity contribution in [2.45, 2.75) is 13.5 Å². The molecular weight excluding hydrogens is 498 g/mol. The van der Waals surface area contributed by atoms with Crippen molar-refractivity contribution in [3.05, 3.63) is 82.9 Å². The Balaban J connectivity index is 1.59. The molecule has 8 nitrogen and oxygen atoms in total. The largest absolute Gasteiger partial charge is 0.494 e. The van der Waals surface area contributed by atoms with E-state index in [1.54, 1.807) is 36.4 Å². The molecular formula is C28H28ClNO7. The number of methoxy groups -OCH3 is 2. The Bertz CT molecular complexity index is 1200. The lowest BCUT2D eigenvalue weighted by molar-refractivity contribution is -0.142. The molecule has 1 amide bonds. The zero-order valence-electron chi connectivity index (χ0n) is 20.8. The Kier molecular flexibility index (Phi) is 10.2. The highest BCUT2D eigenvalue weighted by Gasteiger charge is 2.14. The van der Waals surface area contributed by atoms with E-state index in [2.05, 4.69) is 5.32 Å². The second-order valence-electron chi connectivity index (χ2n) is 7.62. The fourth-order valence-electron chi connectivity index (χ4n) is 3.22. The fourth-order valence-corrected chi connectivity index (χ4v) is 3.35. The standard InChI is InChI=1S/C28H28ClNO7/c1-4-35-23-12-5-19(6-13-23)17-37-28-24(33-2)15-20(16-25(28)34-3)7-14-27(32)36-18-26(31)30-22-10-8-21(29)9-11-22/h5-16H,4,17-18H2,1-3H3,(H,30,31)/b14-7+. The topological polar surface area (TPSA) is 92.3 Å². The van der Waals surface area contributed by atoms with Gasteiger partial charge in [0.15, 0.2) is 18.1 Å². The number of anilines is 1. The normalized spacial score (nSPS) is 10.6. The zero-order chi connectivity index (χ0) is 26.6. The average molecular weight is 526 g/mol. The molecule has 37 heavy (non-hydrogen) atoms. The first-order valence-corrected chi connectivity index (χ1v) is 11.8. The quantitative estimate of drug-likeness (QED) is 0.245. The van der Waals surface area contributed by atoms with Crippen molar-refractivity contribution in [3.63, 3.8) is 0 Å². The van der Waals surface area contributed by atoms with E-state index in [1.807, 2.05) is 31.2 Å². The van der Waals surface area contributed by atoms with Gasteiger partial charge in [-0.2, -0.15) is 0 Å². The van der Waals surface area contributed by atoms with E-state index in [9.17, 15) is 9.59 Å². The minimum atomic E-state index is -0.681. The number of nitrogens with one attached hydrogen (secondary N) is 1. The Morgan fingerprint density at radius 1 is 0.919 bits per heavy atom. The summed E-state index contributed by atoms with van der Waals surface area (Å²) in [6.07, 6.45) is 2.74. The SMILES string of the molecule is CCOc1ccc(COc2c(OC)cc(/C=C/C(=O)OCC(=O)Nc3ccc(Cl)cc3)cc2OC)cc1. The van der Waals surface area contributed by atoms with E-state index in [0.29, 0.717) is 46.7 Å². The van der Waals surface area contributed by atoms with Crippen LogP contribution in [0.15, 0.2) is 66.7 Å². The molecule has 0 heterocycles. The molecule has 0 aliphatic carbocycles. The highest BCUT2D eigenvalue weighted by molar-refractivity contribution is 6.30. The molecule has 0 saturated heterocycles. The van der Waals surface area contributed by atoms with Crippen LogP contribution in [0.3, 0.4) is 0 Å². The van der Waals surface area contributed by atoms with Crippen LogP contribution in [-0.2, 0) is 20.9 Å². The minimum Gasteiger partial charge on any atom is -0.494 e. The number of hydrogen-bond donors (Lipinski definition) is 1. The van der Waals surface area contributed by atoms with Crippen molar-refractivity contribution in [2.75, 3.05) is 32.8 Å². The second-order valence-corrected chi connectivity index (χ2v) is 8.05. The van der Waals surface area contributed by atoms with Crippen LogP contribution < -0.4 is 24.3 Å². The molecule has 3 rings (SSSR count). The van der Waals surface area contributed by atoms with Crippen molar-refractivity contribution >= 4 is 35.2 Å². The van der Waals surface area contributed by atoms with Gasteiger partial charge in [-0.05, 0) is 72.7 Å². The Morgan fingerprint density at radius 3 is 2.16 bits per heavy atom. The molecule has 0 aromatic heterocycles. The maximum absolute atomic E-state index is 12.1. The predicted molar refractivity (Wildman–Crippen MR) is 142 cm³/mol. The smallest absolute Gasteiger partial charge is 0.331 e. The lowest BCUT2D eigenvalue weighted by Crippen LogP contribution is -2.20. The summed E-state index contributed by atoms with van der Waals surface area (Å²) in [6, 6.07) is 17.6. The van der Waals surface area contributed by atoms with Gasteiger partial charge in [0.25, 0.3) is 5.91 Å². The Hall–Kier alpha value is -4.17. The van der Waals surface area contributed by atoms with Crippen molar-refractivity contribution in [1.82, 2.24) is 0 Å². The summed E-state index contributed by atoms with van der Waals surface area (Å²) in [5.74, 6) is 0.929. The van der Waals surface area contributed by atoms with E-state index < -0.39 is 18.5 Å². The van der Waals surface area contributed by atoms with Gasteiger partial charge in [-0.25, -0.2) is 4.79 Å². The number of esters is 1. The van der Waals surface area contributed by atoms with E-state index in [4.69, 9.17) is 35.3 Å². The molecule has 1 N–H and O–H groups in total. The number of ether oxygens (including phenoxy) is 5. The third kappa shape index (κ3) is 8.47. The number of amides is 1. The molecule has 0 unspecified atom stereocenters. The van der Waals surface area contributed by atoms with E-state index in [1.165, 1.54) is 26.4 Å². The van der Waals surface area contributed by atoms with Crippen LogP contribution >= 0.6 is 11.6 Å². The van der Waals surface area contributed by atoms with E-state index in [0.717, 1.165) is 11.3 Å². The van der Waals surface area contributed by atoms with E-state index in [-0.39, 0.29) is 0 Å². The summed E-state index contributed by atoms with van der Waals surface area (Å²) in [7, 11) is 3.03. The van der Waals surface area contributed by atoms with Crippen LogP contribution in [0.1, 0.15) is 18.1 Å². The first-order valence-electron chi connectivity index (χ1n) is 11.4. The van der Waals surface area contributed by atoms with Gasteiger partial charge in [-0.1, -0.05) is 23.7 Å². The molecule has 0 spiro atoms. The summed E-state index contributed by atoms with van der Waals surface area (Å²) < 4.78 is 27.4. The molecule has 0 bridgehead atoms. The van der Waals surface area contributed by atoms with Gasteiger partial charge in [-0.3, -0.25) is 4.79 Å². The molecule has 3 aromatic carbocycles. The number of hydrogen-bond acceptors (Lipinski definition) is 7. The molecule has 0 aliphatic rings. The number of halogens is 1. The van der Waals surface area contributed by atoms with Crippen LogP contribution in [0.25, 0.3) is 6.08 Å². The van der Waals surface area contributed by atoms with Gasteiger partial charge in [0.2, 0.25) is 5.75 Å². The van der Waals surface area contributed by atoms with Crippen molar-refractivity contribution < 1.29 is 33.3 Å². The highest BCUT2D eigenvalue weighted by atomic mass is 35.5. The number of carbonyl (C=O) groups is 2. The molecule has 0 saturated carbocycles. The van der Waals surface area contributed by atoms with Crippen molar-refractivity contribution in [1.29, 1.82) is 0 Å². The Morgan fingerprint density at radius 2 is 1.57 bits per heavy atom. The van der Waals surface area contributed by atoms with Crippen LogP contribution in [0, 0.1) is 0 Å². The summed E-state index contributed by atoms with van der Waals surface area (Å²) in [4.78, 5) is 24.1. The minimum absolute atomic E-state index is 0.290. The average Bonchev–Trinajstić information content (AvgIpc) is 2.91. The molecule has 0 radical (unpaired) electrons. The van der Waals surface area contributed by atoms with Crippen LogP contribution in [0.2, 0.25) is 5.02 Å². The highest BCUT2D eigenvalue weighted by Crippen LogP contribution is 2.39. The number of carbonyl (C=O) groups excluding carboxylic acids is 2. The number of benzene rings is 3. The second kappa shape index (κ2) is 13.8. The fraction of sp³-hybridized carbons (Fsp3) is 0.214. The maximum atomic E-state index is 12.1. The van der Waals surface area contributed by atoms with Gasteiger partial charge in [0.05, 0.1) is 20.8 Å².